The number of nitrogens with zero attached hydrogens (tertiary/aromatic N) is 2. The Morgan fingerprint density at radius 3 is 2.29 bits per heavy atom. The summed E-state index contributed by atoms with van der Waals surface area (Å²) in [6, 6.07) is 17.6. The van der Waals surface area contributed by atoms with E-state index in [0.717, 1.165) is 22.4 Å². The standard InChI is InChI=1S/C22H23N3O2S/c1-22(2,3)25-20(18-13-28(27)14-19(18)24-25)23-21(26)17-11-9-16(10-12-17)15-7-5-4-6-8-15/h4-12H,13-14H2,1-3H3,(H,23,26)/t28-/m1/s1. The van der Waals surface area contributed by atoms with Crippen LogP contribution in [0.15, 0.2) is 54.6 Å². The summed E-state index contributed by atoms with van der Waals surface area (Å²) in [6.07, 6.45) is 0. The Morgan fingerprint density at radius 1 is 1.00 bits per heavy atom. The van der Waals surface area contributed by atoms with Gasteiger partial charge in [0.2, 0.25) is 0 Å². The van der Waals surface area contributed by atoms with Crippen molar-refractivity contribution in [2.24, 2.45) is 0 Å². The molecule has 144 valence electrons. The maximum absolute atomic E-state index is 12.9. The lowest BCUT2D eigenvalue weighted by molar-refractivity contribution is 0.102. The zero-order valence-corrected chi connectivity index (χ0v) is 17.0. The van der Waals surface area contributed by atoms with E-state index in [1.54, 1.807) is 0 Å². The molecule has 28 heavy (non-hydrogen) atoms. The topological polar surface area (TPSA) is 64.0 Å². The second kappa shape index (κ2) is 7.02. The third-order valence-electron chi connectivity index (χ3n) is 4.79. The van der Waals surface area contributed by atoms with Gasteiger partial charge in [-0.25, -0.2) is 4.68 Å². The summed E-state index contributed by atoms with van der Waals surface area (Å²) in [4.78, 5) is 12.9. The van der Waals surface area contributed by atoms with Crippen LogP contribution in [0.5, 0.6) is 0 Å². The zero-order valence-electron chi connectivity index (χ0n) is 16.2. The fourth-order valence-corrected chi connectivity index (χ4v) is 4.63. The van der Waals surface area contributed by atoms with Crippen LogP contribution >= 0.6 is 0 Å². The number of fused-ring (bicyclic) bond motifs is 1. The van der Waals surface area contributed by atoms with Crippen LogP contribution in [0.4, 0.5) is 5.82 Å². The molecule has 3 aromatic rings. The van der Waals surface area contributed by atoms with Gasteiger partial charge in [-0.05, 0) is 44.0 Å². The van der Waals surface area contributed by atoms with Crippen molar-refractivity contribution in [3.05, 3.63) is 71.4 Å². The van der Waals surface area contributed by atoms with Gasteiger partial charge in [-0.15, -0.1) is 0 Å². The van der Waals surface area contributed by atoms with E-state index >= 15 is 0 Å². The summed E-state index contributed by atoms with van der Waals surface area (Å²) >= 11 is 0. The maximum atomic E-state index is 12.9. The molecule has 4 rings (SSSR count). The molecule has 5 nitrogen and oxygen atoms in total. The number of carbonyl (C=O) groups is 1. The van der Waals surface area contributed by atoms with Crippen molar-refractivity contribution in [3.63, 3.8) is 0 Å². The lowest BCUT2D eigenvalue weighted by atomic mass is 10.0. The first-order valence-electron chi connectivity index (χ1n) is 9.26. The molecule has 0 aliphatic carbocycles. The molecule has 0 radical (unpaired) electrons. The van der Waals surface area contributed by atoms with Crippen molar-refractivity contribution < 1.29 is 9.00 Å². The first-order valence-corrected chi connectivity index (χ1v) is 10.7. The molecule has 1 aliphatic heterocycles. The Bertz CT molecular complexity index is 1050. The molecule has 2 aromatic carbocycles. The van der Waals surface area contributed by atoms with E-state index in [2.05, 4.69) is 10.4 Å². The molecule has 1 atom stereocenters. The molecule has 1 N–H and O–H groups in total. The van der Waals surface area contributed by atoms with Crippen LogP contribution in [0.25, 0.3) is 11.1 Å². The number of hydrogen-bond donors (Lipinski definition) is 1. The van der Waals surface area contributed by atoms with Crippen molar-refractivity contribution >= 4 is 22.5 Å². The summed E-state index contributed by atoms with van der Waals surface area (Å²) in [5, 5.41) is 7.64. The Labute approximate surface area is 167 Å². The van der Waals surface area contributed by atoms with Gasteiger partial charge in [0.25, 0.3) is 5.91 Å². The number of anilines is 1. The molecular weight excluding hydrogens is 370 g/mol. The minimum atomic E-state index is -0.944. The number of nitrogens with one attached hydrogen (secondary N) is 1. The molecule has 6 heteroatoms. The Balaban J connectivity index is 1.62. The first-order chi connectivity index (χ1) is 13.3. The number of rotatable bonds is 3. The van der Waals surface area contributed by atoms with Crippen molar-refractivity contribution in [3.8, 4) is 11.1 Å². The highest BCUT2D eigenvalue weighted by Gasteiger charge is 2.31. The van der Waals surface area contributed by atoms with E-state index in [0.29, 0.717) is 22.9 Å². The van der Waals surface area contributed by atoms with Gasteiger partial charge in [0, 0.05) is 21.9 Å². The fourth-order valence-electron chi connectivity index (χ4n) is 3.37. The summed E-state index contributed by atoms with van der Waals surface area (Å²) in [5.74, 6) is 1.36. The average molecular weight is 394 g/mol. The molecule has 0 saturated heterocycles. The van der Waals surface area contributed by atoms with Gasteiger partial charge >= 0.3 is 0 Å². The monoisotopic (exact) mass is 393 g/mol. The normalized spacial score (nSPS) is 16.0. The maximum Gasteiger partial charge on any atom is 0.256 e. The third-order valence-corrected chi connectivity index (χ3v) is 6.00. The van der Waals surface area contributed by atoms with E-state index in [-0.39, 0.29) is 11.4 Å². The molecule has 0 saturated carbocycles. The molecule has 2 heterocycles. The Morgan fingerprint density at radius 2 is 1.64 bits per heavy atom. The lowest BCUT2D eigenvalue weighted by Crippen LogP contribution is -2.27. The van der Waals surface area contributed by atoms with Crippen LogP contribution in [-0.4, -0.2) is 19.9 Å². The SMILES string of the molecule is CC(C)(C)n1nc2c(c1NC(=O)c1ccc(-c3ccccc3)cc1)C[S@@](=O)C2. The number of amides is 1. The lowest BCUT2D eigenvalue weighted by Gasteiger charge is -2.23. The van der Waals surface area contributed by atoms with Crippen LogP contribution in [0.2, 0.25) is 0 Å². The fraction of sp³-hybridized carbons (Fsp3) is 0.273. The first kappa shape index (κ1) is 18.6. The zero-order chi connectivity index (χ0) is 19.9. The number of benzene rings is 2. The second-order valence-corrected chi connectivity index (χ2v) is 9.44. The Kier molecular flexibility index (Phi) is 4.67. The molecular formula is C22H23N3O2S. The number of hydrogen-bond acceptors (Lipinski definition) is 3. The van der Waals surface area contributed by atoms with Gasteiger partial charge < -0.3 is 5.32 Å². The summed E-state index contributed by atoms with van der Waals surface area (Å²) < 4.78 is 13.8. The van der Waals surface area contributed by atoms with Gasteiger partial charge in [0.1, 0.15) is 5.82 Å². The molecule has 0 fully saturated rings. The van der Waals surface area contributed by atoms with Gasteiger partial charge in [-0.1, -0.05) is 42.5 Å². The largest absolute Gasteiger partial charge is 0.306 e. The number of aromatic nitrogens is 2. The van der Waals surface area contributed by atoms with E-state index in [4.69, 9.17) is 0 Å². The van der Waals surface area contributed by atoms with E-state index in [1.165, 1.54) is 0 Å². The van der Waals surface area contributed by atoms with Crippen molar-refractivity contribution in [1.29, 1.82) is 0 Å². The highest BCUT2D eigenvalue weighted by Crippen LogP contribution is 2.33. The molecule has 0 bridgehead atoms. The average Bonchev–Trinajstić information content (AvgIpc) is 3.19. The third kappa shape index (κ3) is 3.52. The van der Waals surface area contributed by atoms with Crippen LogP contribution in [-0.2, 0) is 27.8 Å². The van der Waals surface area contributed by atoms with Crippen LogP contribution in [0.3, 0.4) is 0 Å². The summed E-state index contributed by atoms with van der Waals surface area (Å²) in [6.45, 7) is 6.11. The minimum Gasteiger partial charge on any atom is -0.306 e. The van der Waals surface area contributed by atoms with E-state index in [9.17, 15) is 9.00 Å². The Hall–Kier alpha value is -2.73. The quantitative estimate of drug-likeness (QED) is 0.721. The molecule has 1 aromatic heterocycles. The highest BCUT2D eigenvalue weighted by molar-refractivity contribution is 7.83. The summed E-state index contributed by atoms with van der Waals surface area (Å²) in [5.41, 5.74) is 4.18. The van der Waals surface area contributed by atoms with Crippen molar-refractivity contribution in [2.45, 2.75) is 37.8 Å². The molecule has 0 spiro atoms. The predicted molar refractivity (Wildman–Crippen MR) is 113 cm³/mol. The molecule has 1 amide bonds. The smallest absolute Gasteiger partial charge is 0.256 e. The van der Waals surface area contributed by atoms with E-state index < -0.39 is 10.8 Å². The van der Waals surface area contributed by atoms with Gasteiger partial charge in [-0.2, -0.15) is 5.10 Å². The van der Waals surface area contributed by atoms with Crippen molar-refractivity contribution in [2.75, 3.05) is 5.32 Å². The summed E-state index contributed by atoms with van der Waals surface area (Å²) in [7, 11) is -0.944. The van der Waals surface area contributed by atoms with Crippen LogP contribution in [0.1, 0.15) is 42.4 Å². The van der Waals surface area contributed by atoms with Gasteiger partial charge in [0.15, 0.2) is 0 Å². The minimum absolute atomic E-state index is 0.189. The predicted octanol–water partition coefficient (Wildman–Crippen LogP) is 4.32. The van der Waals surface area contributed by atoms with Crippen molar-refractivity contribution in [1.82, 2.24) is 9.78 Å². The second-order valence-electron chi connectivity index (χ2n) is 7.98. The van der Waals surface area contributed by atoms with Crippen LogP contribution in [0, 0.1) is 0 Å². The van der Waals surface area contributed by atoms with Gasteiger partial charge in [-0.3, -0.25) is 9.00 Å². The van der Waals surface area contributed by atoms with Gasteiger partial charge in [0.05, 0.1) is 22.7 Å². The molecule has 0 unspecified atom stereocenters. The molecule has 1 aliphatic rings. The van der Waals surface area contributed by atoms with Crippen LogP contribution < -0.4 is 5.32 Å². The van der Waals surface area contributed by atoms with E-state index in [1.807, 2.05) is 80.1 Å². The number of carbonyl (C=O) groups excluding carboxylic acids is 1. The highest BCUT2D eigenvalue weighted by atomic mass is 32.2.